The Morgan fingerprint density at radius 3 is 2.45 bits per heavy atom. The molecule has 1 fully saturated rings. The summed E-state index contributed by atoms with van der Waals surface area (Å²) in [6.07, 6.45) is 3.63. The monoisotopic (exact) mass is 455 g/mol. The molecule has 0 radical (unpaired) electrons. The van der Waals surface area contributed by atoms with Crippen LogP contribution in [0.2, 0.25) is 0 Å². The maximum absolute atomic E-state index is 12.8. The molecule has 7 heteroatoms. The molecule has 1 aromatic carbocycles. The minimum atomic E-state index is -0.206. The third-order valence-electron chi connectivity index (χ3n) is 6.01. The number of furan rings is 1. The van der Waals surface area contributed by atoms with E-state index < -0.39 is 0 Å². The van der Waals surface area contributed by atoms with Crippen LogP contribution < -0.4 is 5.32 Å². The van der Waals surface area contributed by atoms with Crippen molar-refractivity contribution in [2.24, 2.45) is 0 Å². The van der Waals surface area contributed by atoms with Crippen molar-refractivity contribution in [3.05, 3.63) is 70.0 Å². The van der Waals surface area contributed by atoms with Crippen LogP contribution in [0.3, 0.4) is 0 Å². The van der Waals surface area contributed by atoms with Gasteiger partial charge in [-0.2, -0.15) is 0 Å². The smallest absolute Gasteiger partial charge is 0.291 e. The molecule has 3 heterocycles. The zero-order valence-electron chi connectivity index (χ0n) is 18.5. The highest BCUT2D eigenvalue weighted by Crippen LogP contribution is 2.42. The molecule has 3 aromatic rings. The molecule has 1 amide bonds. The fourth-order valence-corrected chi connectivity index (χ4v) is 5.56. The van der Waals surface area contributed by atoms with Gasteiger partial charge >= 0.3 is 0 Å². The average molecular weight is 456 g/mol. The van der Waals surface area contributed by atoms with Crippen molar-refractivity contribution in [2.45, 2.75) is 24.8 Å². The summed E-state index contributed by atoms with van der Waals surface area (Å²) in [4.78, 5) is 20.2. The Balaban J connectivity index is 1.75. The van der Waals surface area contributed by atoms with E-state index in [4.69, 9.17) is 4.42 Å². The van der Waals surface area contributed by atoms with E-state index in [0.29, 0.717) is 5.76 Å². The molecule has 0 spiro atoms. The second-order valence-corrected chi connectivity index (χ2v) is 10.1. The summed E-state index contributed by atoms with van der Waals surface area (Å²) >= 11 is 3.40. The number of piperazine rings is 1. The largest absolute Gasteiger partial charge is 0.459 e. The predicted molar refractivity (Wildman–Crippen MR) is 130 cm³/mol. The van der Waals surface area contributed by atoms with Gasteiger partial charge in [0.2, 0.25) is 0 Å². The lowest BCUT2D eigenvalue weighted by atomic mass is 9.94. The summed E-state index contributed by atoms with van der Waals surface area (Å²) in [7, 11) is 2.18. The number of hydrogen-bond acceptors (Lipinski definition) is 6. The number of likely N-dealkylation sites (N-methyl/N-ethyl adjacent to an activating group) is 1. The number of nitrogens with zero attached hydrogens (tertiary/aromatic N) is 2. The summed E-state index contributed by atoms with van der Waals surface area (Å²) < 4.78 is 5.32. The Kier molecular flexibility index (Phi) is 6.86. The van der Waals surface area contributed by atoms with Crippen molar-refractivity contribution in [1.29, 1.82) is 0 Å². The lowest BCUT2D eigenvalue weighted by molar-refractivity contribution is 0.0996. The van der Waals surface area contributed by atoms with Crippen LogP contribution in [0.4, 0.5) is 5.00 Å². The van der Waals surface area contributed by atoms with Crippen molar-refractivity contribution in [2.75, 3.05) is 44.8 Å². The van der Waals surface area contributed by atoms with Crippen LogP contribution >= 0.6 is 23.1 Å². The van der Waals surface area contributed by atoms with E-state index in [1.54, 1.807) is 35.2 Å². The van der Waals surface area contributed by atoms with Gasteiger partial charge in [0.15, 0.2) is 5.76 Å². The molecule has 164 valence electrons. The van der Waals surface area contributed by atoms with E-state index in [9.17, 15) is 4.79 Å². The molecule has 0 saturated carbocycles. The number of anilines is 1. The minimum absolute atomic E-state index is 0.0986. The van der Waals surface area contributed by atoms with Crippen molar-refractivity contribution >= 4 is 34.0 Å². The molecule has 0 bridgehead atoms. The lowest BCUT2D eigenvalue weighted by Crippen LogP contribution is -2.46. The molecule has 5 nitrogen and oxygen atoms in total. The summed E-state index contributed by atoms with van der Waals surface area (Å²) in [6, 6.07) is 12.4. The molecule has 2 aromatic heterocycles. The molecule has 1 aliphatic heterocycles. The number of carbonyl (C=O) groups is 1. The van der Waals surface area contributed by atoms with Crippen LogP contribution in [0.15, 0.2) is 52.0 Å². The Morgan fingerprint density at radius 2 is 1.84 bits per heavy atom. The van der Waals surface area contributed by atoms with Crippen molar-refractivity contribution in [1.82, 2.24) is 9.80 Å². The number of thiophene rings is 1. The summed E-state index contributed by atoms with van der Waals surface area (Å²) in [6.45, 7) is 8.36. The summed E-state index contributed by atoms with van der Waals surface area (Å²) in [5, 5.41) is 4.05. The summed E-state index contributed by atoms with van der Waals surface area (Å²) in [5.74, 6) is 0.123. The van der Waals surface area contributed by atoms with Crippen molar-refractivity contribution < 1.29 is 9.21 Å². The van der Waals surface area contributed by atoms with Crippen LogP contribution in [0.5, 0.6) is 0 Å². The number of carbonyl (C=O) groups excluding carboxylic acids is 1. The van der Waals surface area contributed by atoms with Gasteiger partial charge in [-0.3, -0.25) is 9.69 Å². The maximum atomic E-state index is 12.8. The number of rotatable bonds is 6. The normalized spacial score (nSPS) is 16.4. The fourth-order valence-electron chi connectivity index (χ4n) is 4.07. The van der Waals surface area contributed by atoms with E-state index in [2.05, 4.69) is 66.5 Å². The van der Waals surface area contributed by atoms with E-state index in [0.717, 1.165) is 31.2 Å². The van der Waals surface area contributed by atoms with Crippen LogP contribution in [-0.4, -0.2) is 55.2 Å². The second-order valence-electron chi connectivity index (χ2n) is 7.97. The molecule has 1 atom stereocenters. The van der Waals surface area contributed by atoms with Crippen LogP contribution in [-0.2, 0) is 0 Å². The number of thioether (sulfide) groups is 1. The second kappa shape index (κ2) is 9.61. The van der Waals surface area contributed by atoms with Gasteiger partial charge in [-0.05, 0) is 62.5 Å². The van der Waals surface area contributed by atoms with E-state index in [1.165, 1.54) is 32.7 Å². The third-order valence-corrected chi connectivity index (χ3v) is 7.89. The lowest BCUT2D eigenvalue weighted by Gasteiger charge is -2.39. The Hall–Kier alpha value is -2.06. The first-order chi connectivity index (χ1) is 15.0. The van der Waals surface area contributed by atoms with Crippen LogP contribution in [0.25, 0.3) is 0 Å². The van der Waals surface area contributed by atoms with Gasteiger partial charge in [-0.25, -0.2) is 0 Å². The fraction of sp³-hybridized carbons (Fsp3) is 0.375. The topological polar surface area (TPSA) is 48.7 Å². The molecular formula is C24H29N3O2S2. The number of nitrogens with one attached hydrogen (secondary N) is 1. The third kappa shape index (κ3) is 4.75. The Bertz CT molecular complexity index is 1020. The van der Waals surface area contributed by atoms with Gasteiger partial charge in [0.1, 0.15) is 5.00 Å². The van der Waals surface area contributed by atoms with Crippen molar-refractivity contribution in [3.63, 3.8) is 0 Å². The van der Waals surface area contributed by atoms with Crippen LogP contribution in [0, 0.1) is 13.8 Å². The van der Waals surface area contributed by atoms with Gasteiger partial charge in [0.25, 0.3) is 5.91 Å². The molecule has 31 heavy (non-hydrogen) atoms. The van der Waals surface area contributed by atoms with Crippen molar-refractivity contribution in [3.8, 4) is 0 Å². The molecule has 1 aliphatic rings. The number of hydrogen-bond donors (Lipinski definition) is 1. The molecular weight excluding hydrogens is 426 g/mol. The SMILES string of the molecule is CSc1ccc([C@@H](c2c(NC(=O)c3ccco3)sc(C)c2C)N2CCN(C)CC2)cc1. The number of aryl methyl sites for hydroxylation is 1. The van der Waals surface area contributed by atoms with Gasteiger partial charge < -0.3 is 14.6 Å². The minimum Gasteiger partial charge on any atom is -0.459 e. The number of benzene rings is 1. The first kappa shape index (κ1) is 22.1. The first-order valence-corrected chi connectivity index (χ1v) is 12.5. The van der Waals surface area contributed by atoms with E-state index in [-0.39, 0.29) is 11.9 Å². The summed E-state index contributed by atoms with van der Waals surface area (Å²) in [5.41, 5.74) is 3.71. The van der Waals surface area contributed by atoms with E-state index >= 15 is 0 Å². The highest BCUT2D eigenvalue weighted by molar-refractivity contribution is 7.98. The highest BCUT2D eigenvalue weighted by Gasteiger charge is 2.31. The van der Waals surface area contributed by atoms with E-state index in [1.807, 2.05) is 0 Å². The first-order valence-electron chi connectivity index (χ1n) is 10.5. The van der Waals surface area contributed by atoms with Gasteiger partial charge in [-0.1, -0.05) is 12.1 Å². The molecule has 1 N–H and O–H groups in total. The quantitative estimate of drug-likeness (QED) is 0.513. The average Bonchev–Trinajstić information content (AvgIpc) is 3.40. The zero-order chi connectivity index (χ0) is 22.0. The van der Waals surface area contributed by atoms with Gasteiger partial charge in [0, 0.05) is 41.5 Å². The Labute approximate surface area is 192 Å². The van der Waals surface area contributed by atoms with Crippen LogP contribution in [0.1, 0.15) is 38.2 Å². The molecule has 4 rings (SSSR count). The molecule has 1 saturated heterocycles. The maximum Gasteiger partial charge on any atom is 0.291 e. The van der Waals surface area contributed by atoms with Gasteiger partial charge in [0.05, 0.1) is 12.3 Å². The molecule has 0 aliphatic carbocycles. The molecule has 0 unspecified atom stereocenters. The number of amides is 1. The zero-order valence-corrected chi connectivity index (χ0v) is 20.1. The standard InChI is InChI=1S/C24H29N3O2S2/c1-16-17(2)31-24(25-23(28)20-6-5-15-29-20)21(16)22(27-13-11-26(3)12-14-27)18-7-9-19(30-4)10-8-18/h5-10,15,22H,11-14H2,1-4H3,(H,25,28)/t22-/m0/s1. The predicted octanol–water partition coefficient (Wildman–Crippen LogP) is 5.27. The van der Waals surface area contributed by atoms with Gasteiger partial charge in [-0.15, -0.1) is 23.1 Å². The highest BCUT2D eigenvalue weighted by atomic mass is 32.2. The Morgan fingerprint density at radius 1 is 1.13 bits per heavy atom.